The fourth-order valence-corrected chi connectivity index (χ4v) is 1.44. The lowest BCUT2D eigenvalue weighted by molar-refractivity contribution is -0.384. The van der Waals surface area contributed by atoms with Gasteiger partial charge in [-0.05, 0) is 6.07 Å². The molecule has 0 N–H and O–H groups in total. The summed E-state index contributed by atoms with van der Waals surface area (Å²) in [5.41, 5.74) is 0.0637. The highest BCUT2D eigenvalue weighted by atomic mass is 16.6. The third-order valence-electron chi connectivity index (χ3n) is 2.53. The average Bonchev–Trinajstić information content (AvgIpc) is 2.43. The van der Waals surface area contributed by atoms with E-state index in [9.17, 15) is 19.7 Å². The number of carbonyl (C=O) groups is 2. The molecule has 1 rings (SSSR count). The van der Waals surface area contributed by atoms with Crippen molar-refractivity contribution in [3.8, 4) is 0 Å². The van der Waals surface area contributed by atoms with Crippen molar-refractivity contribution < 1.29 is 19.2 Å². The number of nitrogens with zero attached hydrogens (tertiary/aromatic N) is 2. The van der Waals surface area contributed by atoms with Crippen LogP contribution in [0.25, 0.3) is 0 Å². The summed E-state index contributed by atoms with van der Waals surface area (Å²) < 4.78 is 4.47. The number of esters is 1. The lowest BCUT2D eigenvalue weighted by Crippen LogP contribution is -2.29. The second-order valence-corrected chi connectivity index (χ2v) is 3.86. The highest BCUT2D eigenvalue weighted by Gasteiger charge is 2.16. The molecule has 0 atom stereocenters. The Morgan fingerprint density at radius 2 is 2.11 bits per heavy atom. The number of hydrogen-bond acceptors (Lipinski definition) is 5. The van der Waals surface area contributed by atoms with E-state index in [0.717, 1.165) is 0 Å². The standard InChI is InChI=1S/C12H14N2O5/c1-13(7-6-11(15)19-2)12(16)9-4-3-5-10(8-9)14(17)18/h3-5,8H,6-7H2,1-2H3. The summed E-state index contributed by atoms with van der Waals surface area (Å²) in [6.45, 7) is 0.189. The lowest BCUT2D eigenvalue weighted by Gasteiger charge is -2.16. The largest absolute Gasteiger partial charge is 0.469 e. The third-order valence-corrected chi connectivity index (χ3v) is 2.53. The number of non-ortho nitro benzene ring substituents is 1. The van der Waals surface area contributed by atoms with Crippen LogP contribution < -0.4 is 0 Å². The van der Waals surface area contributed by atoms with Crippen molar-refractivity contribution in [2.45, 2.75) is 6.42 Å². The van der Waals surface area contributed by atoms with Gasteiger partial charge in [0.25, 0.3) is 11.6 Å². The zero-order chi connectivity index (χ0) is 14.4. The average molecular weight is 266 g/mol. The highest BCUT2D eigenvalue weighted by molar-refractivity contribution is 5.94. The van der Waals surface area contributed by atoms with Gasteiger partial charge in [-0.2, -0.15) is 0 Å². The molecule has 1 aromatic rings. The summed E-state index contributed by atoms with van der Waals surface area (Å²) in [6.07, 6.45) is 0.0771. The molecule has 0 heterocycles. The Kier molecular flexibility index (Phi) is 4.99. The summed E-state index contributed by atoms with van der Waals surface area (Å²) in [5, 5.41) is 10.6. The van der Waals surface area contributed by atoms with E-state index in [0.29, 0.717) is 0 Å². The Hall–Kier alpha value is -2.44. The van der Waals surface area contributed by atoms with Crippen LogP contribution in [0.15, 0.2) is 24.3 Å². The quantitative estimate of drug-likeness (QED) is 0.454. The Balaban J connectivity index is 2.74. The Bertz CT molecular complexity index is 501. The van der Waals surface area contributed by atoms with Gasteiger partial charge in [0.15, 0.2) is 0 Å². The molecule has 1 aromatic carbocycles. The fourth-order valence-electron chi connectivity index (χ4n) is 1.44. The molecule has 19 heavy (non-hydrogen) atoms. The van der Waals surface area contributed by atoms with Crippen molar-refractivity contribution in [1.82, 2.24) is 4.90 Å². The monoisotopic (exact) mass is 266 g/mol. The maximum atomic E-state index is 12.0. The summed E-state index contributed by atoms with van der Waals surface area (Å²) in [7, 11) is 2.79. The van der Waals surface area contributed by atoms with Crippen LogP contribution in [-0.4, -0.2) is 42.4 Å². The molecule has 7 heteroatoms. The molecule has 0 saturated heterocycles. The minimum atomic E-state index is -0.564. The van der Waals surface area contributed by atoms with Crippen LogP contribution in [0.3, 0.4) is 0 Å². The van der Waals surface area contributed by atoms with Crippen LogP contribution in [0.5, 0.6) is 0 Å². The number of benzene rings is 1. The normalized spacial score (nSPS) is 9.79. The van der Waals surface area contributed by atoms with Crippen LogP contribution >= 0.6 is 0 Å². The molecule has 0 bridgehead atoms. The van der Waals surface area contributed by atoms with Crippen molar-refractivity contribution in [2.75, 3.05) is 20.7 Å². The topological polar surface area (TPSA) is 89.8 Å². The molecule has 0 spiro atoms. The van der Waals surface area contributed by atoms with Gasteiger partial charge in [-0.15, -0.1) is 0 Å². The van der Waals surface area contributed by atoms with Crippen molar-refractivity contribution in [3.63, 3.8) is 0 Å². The minimum Gasteiger partial charge on any atom is -0.469 e. The smallest absolute Gasteiger partial charge is 0.307 e. The first-order valence-electron chi connectivity index (χ1n) is 5.52. The van der Waals surface area contributed by atoms with Crippen molar-refractivity contribution in [2.24, 2.45) is 0 Å². The first kappa shape index (κ1) is 14.6. The van der Waals surface area contributed by atoms with E-state index in [1.165, 1.54) is 43.3 Å². The zero-order valence-electron chi connectivity index (χ0n) is 10.7. The second kappa shape index (κ2) is 6.48. The molecule has 0 aliphatic heterocycles. The summed E-state index contributed by atoms with van der Waals surface area (Å²) in [4.78, 5) is 34.3. The van der Waals surface area contributed by atoms with E-state index < -0.39 is 10.9 Å². The van der Waals surface area contributed by atoms with Gasteiger partial charge < -0.3 is 9.64 Å². The molecule has 0 aromatic heterocycles. The number of nitro benzene ring substituents is 1. The molecule has 0 saturated carbocycles. The summed E-state index contributed by atoms with van der Waals surface area (Å²) in [6, 6.07) is 5.45. The molecule has 7 nitrogen and oxygen atoms in total. The number of nitro groups is 1. The number of ether oxygens (including phenoxy) is 1. The Morgan fingerprint density at radius 3 is 2.68 bits per heavy atom. The maximum Gasteiger partial charge on any atom is 0.307 e. The van der Waals surface area contributed by atoms with Gasteiger partial charge in [0.1, 0.15) is 0 Å². The van der Waals surface area contributed by atoms with Crippen LogP contribution in [0.2, 0.25) is 0 Å². The molecule has 0 radical (unpaired) electrons. The Labute approximate surface area is 109 Å². The van der Waals surface area contributed by atoms with E-state index in [1.54, 1.807) is 0 Å². The minimum absolute atomic E-state index is 0.0771. The van der Waals surface area contributed by atoms with Gasteiger partial charge >= 0.3 is 5.97 Å². The summed E-state index contributed by atoms with van der Waals surface area (Å²) in [5.74, 6) is -0.800. The molecule has 1 amide bonds. The highest BCUT2D eigenvalue weighted by Crippen LogP contribution is 2.14. The first-order valence-corrected chi connectivity index (χ1v) is 5.52. The van der Waals surface area contributed by atoms with Crippen LogP contribution in [-0.2, 0) is 9.53 Å². The predicted octanol–water partition coefficient (Wildman–Crippen LogP) is 1.23. The fraction of sp³-hybridized carbons (Fsp3) is 0.333. The number of rotatable bonds is 5. The lowest BCUT2D eigenvalue weighted by atomic mass is 10.2. The van der Waals surface area contributed by atoms with Gasteiger partial charge in [0, 0.05) is 31.3 Å². The Morgan fingerprint density at radius 1 is 1.42 bits per heavy atom. The number of amides is 1. The van der Waals surface area contributed by atoms with E-state index in [1.807, 2.05) is 0 Å². The number of methoxy groups -OCH3 is 1. The van der Waals surface area contributed by atoms with Gasteiger partial charge in [-0.3, -0.25) is 19.7 Å². The van der Waals surface area contributed by atoms with Gasteiger partial charge in [0.2, 0.25) is 0 Å². The van der Waals surface area contributed by atoms with Crippen molar-refractivity contribution >= 4 is 17.6 Å². The van der Waals surface area contributed by atoms with Crippen LogP contribution in [0, 0.1) is 10.1 Å². The predicted molar refractivity (Wildman–Crippen MR) is 66.7 cm³/mol. The van der Waals surface area contributed by atoms with Gasteiger partial charge in [0.05, 0.1) is 18.5 Å². The molecular weight excluding hydrogens is 252 g/mol. The van der Waals surface area contributed by atoms with E-state index in [4.69, 9.17) is 0 Å². The maximum absolute atomic E-state index is 12.0. The van der Waals surface area contributed by atoms with Crippen molar-refractivity contribution in [1.29, 1.82) is 0 Å². The van der Waals surface area contributed by atoms with Crippen molar-refractivity contribution in [3.05, 3.63) is 39.9 Å². The zero-order valence-corrected chi connectivity index (χ0v) is 10.7. The van der Waals surface area contributed by atoms with E-state index in [-0.39, 0.29) is 30.1 Å². The second-order valence-electron chi connectivity index (χ2n) is 3.86. The molecule has 102 valence electrons. The number of hydrogen-bond donors (Lipinski definition) is 0. The molecular formula is C12H14N2O5. The molecule has 0 aliphatic rings. The molecule has 0 fully saturated rings. The molecule has 0 aliphatic carbocycles. The third kappa shape index (κ3) is 4.06. The van der Waals surface area contributed by atoms with E-state index in [2.05, 4.69) is 4.74 Å². The van der Waals surface area contributed by atoms with Crippen LogP contribution in [0.4, 0.5) is 5.69 Å². The van der Waals surface area contributed by atoms with Gasteiger partial charge in [-0.25, -0.2) is 0 Å². The van der Waals surface area contributed by atoms with Crippen LogP contribution in [0.1, 0.15) is 16.8 Å². The SMILES string of the molecule is COC(=O)CCN(C)C(=O)c1cccc([N+](=O)[O-])c1. The molecule has 0 unspecified atom stereocenters. The van der Waals surface area contributed by atoms with E-state index >= 15 is 0 Å². The first-order chi connectivity index (χ1) is 8.95. The number of carbonyl (C=O) groups excluding carboxylic acids is 2. The van der Waals surface area contributed by atoms with Gasteiger partial charge in [-0.1, -0.05) is 6.07 Å². The summed E-state index contributed by atoms with van der Waals surface area (Å²) >= 11 is 0.